The number of nitrogens with zero attached hydrogens (tertiary/aromatic N) is 3. The van der Waals surface area contributed by atoms with Crippen molar-refractivity contribution >= 4 is 24.0 Å². The molecular weight excluding hydrogens is 274 g/mol. The number of rotatable bonds is 5. The van der Waals surface area contributed by atoms with Gasteiger partial charge in [-0.05, 0) is 28.9 Å². The molecule has 4 nitrogen and oxygen atoms in total. The van der Waals surface area contributed by atoms with Gasteiger partial charge >= 0.3 is 0 Å². The Kier molecular flexibility index (Phi) is 4.48. The summed E-state index contributed by atoms with van der Waals surface area (Å²) in [4.78, 5) is 4.14. The molecule has 0 amide bonds. The molecule has 6 heteroatoms. The molecule has 1 aromatic heterocycles. The molecule has 0 aliphatic heterocycles. The minimum absolute atomic E-state index is 0.495. The molecule has 0 aliphatic carbocycles. The molecule has 0 N–H and O–H groups in total. The molecule has 0 bridgehead atoms. The zero-order chi connectivity index (χ0) is 11.5. The number of hydrogen-bond donors (Lipinski definition) is 0. The van der Waals surface area contributed by atoms with Gasteiger partial charge in [0.15, 0.2) is 0 Å². The molecule has 1 rings (SSSR count). The van der Waals surface area contributed by atoms with Gasteiger partial charge in [0, 0.05) is 14.7 Å². The lowest BCUT2D eigenvalue weighted by Gasteiger charge is -2.15. The van der Waals surface area contributed by atoms with Gasteiger partial charge in [-0.1, -0.05) is 19.6 Å². The SMILES string of the molecule is Cc1nc(Br)nn1COCC[Si](C)(C)C. The predicted molar refractivity (Wildman–Crippen MR) is 66.6 cm³/mol. The summed E-state index contributed by atoms with van der Waals surface area (Å²) < 4.78 is 7.94. The van der Waals surface area contributed by atoms with E-state index >= 15 is 0 Å². The van der Waals surface area contributed by atoms with Gasteiger partial charge in [-0.3, -0.25) is 0 Å². The highest BCUT2D eigenvalue weighted by molar-refractivity contribution is 9.10. The second-order valence-electron chi connectivity index (χ2n) is 4.78. The van der Waals surface area contributed by atoms with Crippen LogP contribution in [0.5, 0.6) is 0 Å². The first-order valence-corrected chi connectivity index (χ1v) is 9.53. The highest BCUT2D eigenvalue weighted by Gasteiger charge is 2.12. The van der Waals surface area contributed by atoms with Crippen LogP contribution in [0.25, 0.3) is 0 Å². The van der Waals surface area contributed by atoms with E-state index in [1.54, 1.807) is 4.68 Å². The average molecular weight is 292 g/mol. The molecule has 0 aliphatic rings. The third kappa shape index (κ3) is 4.90. The van der Waals surface area contributed by atoms with Gasteiger partial charge in [0.1, 0.15) is 12.6 Å². The second-order valence-corrected chi connectivity index (χ2v) is 11.1. The van der Waals surface area contributed by atoms with Crippen LogP contribution in [0.4, 0.5) is 0 Å². The minimum Gasteiger partial charge on any atom is -0.359 e. The van der Waals surface area contributed by atoms with Crippen LogP contribution in [0.3, 0.4) is 0 Å². The average Bonchev–Trinajstić information content (AvgIpc) is 2.37. The lowest BCUT2D eigenvalue weighted by atomic mass is 10.7. The van der Waals surface area contributed by atoms with Crippen molar-refractivity contribution in [1.82, 2.24) is 14.8 Å². The van der Waals surface area contributed by atoms with Crippen LogP contribution in [-0.4, -0.2) is 29.4 Å². The lowest BCUT2D eigenvalue weighted by Crippen LogP contribution is -2.22. The van der Waals surface area contributed by atoms with Crippen molar-refractivity contribution in [2.24, 2.45) is 0 Å². The quantitative estimate of drug-likeness (QED) is 0.619. The zero-order valence-electron chi connectivity index (χ0n) is 9.75. The number of ether oxygens (including phenoxy) is 1. The van der Waals surface area contributed by atoms with Crippen LogP contribution in [0.1, 0.15) is 5.82 Å². The van der Waals surface area contributed by atoms with Crippen LogP contribution in [0, 0.1) is 6.92 Å². The maximum atomic E-state index is 5.56. The van der Waals surface area contributed by atoms with Crippen molar-refractivity contribution in [2.75, 3.05) is 6.61 Å². The highest BCUT2D eigenvalue weighted by Crippen LogP contribution is 2.08. The molecular formula is C9H18BrN3OSi. The first kappa shape index (κ1) is 12.9. The van der Waals surface area contributed by atoms with Crippen molar-refractivity contribution in [3.63, 3.8) is 0 Å². The monoisotopic (exact) mass is 291 g/mol. The lowest BCUT2D eigenvalue weighted by molar-refractivity contribution is 0.0766. The van der Waals surface area contributed by atoms with E-state index in [1.807, 2.05) is 6.92 Å². The smallest absolute Gasteiger partial charge is 0.217 e. The highest BCUT2D eigenvalue weighted by atomic mass is 79.9. The Morgan fingerprint density at radius 2 is 2.07 bits per heavy atom. The van der Waals surface area contributed by atoms with E-state index in [2.05, 4.69) is 45.7 Å². The van der Waals surface area contributed by atoms with Gasteiger partial charge in [0.2, 0.25) is 4.73 Å². The summed E-state index contributed by atoms with van der Waals surface area (Å²) in [6.07, 6.45) is 0. The molecule has 0 atom stereocenters. The number of halogens is 1. The Morgan fingerprint density at radius 1 is 1.40 bits per heavy atom. The van der Waals surface area contributed by atoms with Crippen molar-refractivity contribution in [1.29, 1.82) is 0 Å². The van der Waals surface area contributed by atoms with Crippen LogP contribution in [0.15, 0.2) is 4.73 Å². The summed E-state index contributed by atoms with van der Waals surface area (Å²) in [7, 11) is -0.983. The Bertz CT molecular complexity index is 322. The summed E-state index contributed by atoms with van der Waals surface area (Å²) >= 11 is 3.23. The maximum absolute atomic E-state index is 5.56. The van der Waals surface area contributed by atoms with E-state index in [1.165, 1.54) is 6.04 Å². The topological polar surface area (TPSA) is 39.9 Å². The van der Waals surface area contributed by atoms with Gasteiger partial charge in [-0.15, -0.1) is 5.10 Å². The first-order chi connectivity index (χ1) is 6.88. The molecule has 15 heavy (non-hydrogen) atoms. The molecule has 0 unspecified atom stereocenters. The second kappa shape index (κ2) is 5.22. The minimum atomic E-state index is -0.983. The van der Waals surface area contributed by atoms with E-state index in [0.29, 0.717) is 11.5 Å². The van der Waals surface area contributed by atoms with Gasteiger partial charge in [0.25, 0.3) is 0 Å². The van der Waals surface area contributed by atoms with E-state index in [-0.39, 0.29) is 0 Å². The maximum Gasteiger partial charge on any atom is 0.217 e. The molecule has 0 saturated carbocycles. The van der Waals surface area contributed by atoms with E-state index < -0.39 is 8.07 Å². The summed E-state index contributed by atoms with van der Waals surface area (Å²) in [6.45, 7) is 10.2. The van der Waals surface area contributed by atoms with Crippen LogP contribution >= 0.6 is 15.9 Å². The molecule has 1 aromatic rings. The third-order valence-electron chi connectivity index (χ3n) is 2.04. The van der Waals surface area contributed by atoms with Crippen molar-refractivity contribution in [3.8, 4) is 0 Å². The van der Waals surface area contributed by atoms with Crippen molar-refractivity contribution in [2.45, 2.75) is 39.3 Å². The van der Waals surface area contributed by atoms with Gasteiger partial charge in [0.05, 0.1) is 0 Å². The summed E-state index contributed by atoms with van der Waals surface area (Å²) in [5.41, 5.74) is 0. The third-order valence-corrected chi connectivity index (χ3v) is 4.08. The number of aryl methyl sites for hydroxylation is 1. The first-order valence-electron chi connectivity index (χ1n) is 5.03. The van der Waals surface area contributed by atoms with Crippen molar-refractivity contribution in [3.05, 3.63) is 10.6 Å². The molecule has 0 spiro atoms. The Hall–Kier alpha value is -0.203. The van der Waals surface area contributed by atoms with Crippen molar-refractivity contribution < 1.29 is 4.74 Å². The Balaban J connectivity index is 2.29. The standard InChI is InChI=1S/C9H18BrN3OSi/c1-8-11-9(10)12-13(8)7-14-5-6-15(2,3)4/h5-7H2,1-4H3. The van der Waals surface area contributed by atoms with Gasteiger partial charge in [-0.25, -0.2) is 9.67 Å². The number of hydrogen-bond acceptors (Lipinski definition) is 3. The molecule has 86 valence electrons. The predicted octanol–water partition coefficient (Wildman–Crippen LogP) is 2.66. The summed E-state index contributed by atoms with van der Waals surface area (Å²) in [5.74, 6) is 0.870. The van der Waals surface area contributed by atoms with E-state index in [0.717, 1.165) is 12.4 Å². The molecule has 0 aromatic carbocycles. The largest absolute Gasteiger partial charge is 0.359 e. The van der Waals surface area contributed by atoms with Crippen LogP contribution in [0.2, 0.25) is 25.7 Å². The van der Waals surface area contributed by atoms with Crippen LogP contribution < -0.4 is 0 Å². The molecule has 1 heterocycles. The molecule has 0 radical (unpaired) electrons. The Labute approximate surface area is 100 Å². The normalized spacial score (nSPS) is 12.1. The van der Waals surface area contributed by atoms with E-state index in [9.17, 15) is 0 Å². The zero-order valence-corrected chi connectivity index (χ0v) is 12.3. The molecule has 0 saturated heterocycles. The summed E-state index contributed by atoms with van der Waals surface area (Å²) in [5, 5.41) is 4.15. The fraction of sp³-hybridized carbons (Fsp3) is 0.778. The van der Waals surface area contributed by atoms with E-state index in [4.69, 9.17) is 4.74 Å². The summed E-state index contributed by atoms with van der Waals surface area (Å²) in [6, 6.07) is 1.18. The van der Waals surface area contributed by atoms with Crippen LogP contribution in [-0.2, 0) is 11.5 Å². The molecule has 0 fully saturated rings. The number of aromatic nitrogens is 3. The Morgan fingerprint density at radius 3 is 2.53 bits per heavy atom. The van der Waals surface area contributed by atoms with Gasteiger partial charge in [-0.2, -0.15) is 0 Å². The fourth-order valence-electron chi connectivity index (χ4n) is 1.04. The fourth-order valence-corrected chi connectivity index (χ4v) is 2.24. The van der Waals surface area contributed by atoms with Gasteiger partial charge < -0.3 is 4.74 Å².